The maximum atomic E-state index is 12.7. The summed E-state index contributed by atoms with van der Waals surface area (Å²) in [6.07, 6.45) is 0. The van der Waals surface area contributed by atoms with Crippen molar-refractivity contribution in [1.29, 1.82) is 0 Å². The van der Waals surface area contributed by atoms with Gasteiger partial charge in [-0.25, -0.2) is 0 Å². The summed E-state index contributed by atoms with van der Waals surface area (Å²) in [6.45, 7) is 5.76. The molecule has 5 nitrogen and oxygen atoms in total. The van der Waals surface area contributed by atoms with Crippen LogP contribution in [0.25, 0.3) is 11.0 Å². The van der Waals surface area contributed by atoms with Gasteiger partial charge in [-0.15, -0.1) is 9.19 Å². The van der Waals surface area contributed by atoms with E-state index in [1.807, 2.05) is 32.9 Å². The predicted octanol–water partition coefficient (Wildman–Crippen LogP) is 2.59. The molecule has 0 spiro atoms. The first-order valence-corrected chi connectivity index (χ1v) is 7.98. The van der Waals surface area contributed by atoms with Crippen LogP contribution in [0.1, 0.15) is 16.7 Å². The summed E-state index contributed by atoms with van der Waals surface area (Å²) in [5.41, 5.74) is 4.05. The number of aryl methyl sites for hydroxylation is 3. The van der Waals surface area contributed by atoms with E-state index in [9.17, 15) is 8.42 Å². The van der Waals surface area contributed by atoms with Gasteiger partial charge in [0.15, 0.2) is 0 Å². The predicted molar refractivity (Wildman–Crippen MR) is 80.8 cm³/mol. The van der Waals surface area contributed by atoms with Crippen LogP contribution in [0.15, 0.2) is 41.3 Å². The van der Waals surface area contributed by atoms with Crippen LogP contribution in [0.3, 0.4) is 0 Å². The summed E-state index contributed by atoms with van der Waals surface area (Å²) >= 11 is 0. The third-order valence-corrected chi connectivity index (χ3v) is 5.15. The van der Waals surface area contributed by atoms with Crippen molar-refractivity contribution in [2.45, 2.75) is 25.7 Å². The largest absolute Gasteiger partial charge is 0.284 e. The highest BCUT2D eigenvalue weighted by Gasteiger charge is 2.21. The lowest BCUT2D eigenvalue weighted by Gasteiger charge is -2.07. The van der Waals surface area contributed by atoms with E-state index in [0.29, 0.717) is 11.0 Å². The van der Waals surface area contributed by atoms with E-state index < -0.39 is 10.0 Å². The van der Waals surface area contributed by atoms with Gasteiger partial charge in [0.05, 0.1) is 4.90 Å². The molecule has 0 saturated carbocycles. The van der Waals surface area contributed by atoms with Crippen molar-refractivity contribution in [3.05, 3.63) is 53.1 Å². The van der Waals surface area contributed by atoms with Crippen molar-refractivity contribution in [2.75, 3.05) is 0 Å². The maximum Gasteiger partial charge on any atom is 0.284 e. The molecule has 0 saturated heterocycles. The zero-order valence-electron chi connectivity index (χ0n) is 12.0. The lowest BCUT2D eigenvalue weighted by Crippen LogP contribution is -2.15. The molecule has 0 unspecified atom stereocenters. The molecule has 0 fully saturated rings. The van der Waals surface area contributed by atoms with Crippen molar-refractivity contribution in [1.82, 2.24) is 14.4 Å². The van der Waals surface area contributed by atoms with Crippen LogP contribution in [0.5, 0.6) is 0 Å². The summed E-state index contributed by atoms with van der Waals surface area (Å²) < 4.78 is 26.4. The molecular weight excluding hydrogens is 286 g/mol. The molecule has 0 N–H and O–H groups in total. The Bertz CT molecular complexity index is 943. The van der Waals surface area contributed by atoms with Gasteiger partial charge in [0.1, 0.15) is 11.0 Å². The second-order valence-electron chi connectivity index (χ2n) is 5.18. The number of nitrogens with zero attached hydrogens (tertiary/aromatic N) is 3. The van der Waals surface area contributed by atoms with Gasteiger partial charge in [0.2, 0.25) is 0 Å². The van der Waals surface area contributed by atoms with Crippen LogP contribution >= 0.6 is 0 Å². The minimum absolute atomic E-state index is 0.220. The van der Waals surface area contributed by atoms with Crippen molar-refractivity contribution >= 4 is 21.1 Å². The topological polar surface area (TPSA) is 64.8 Å². The fourth-order valence-corrected chi connectivity index (χ4v) is 3.48. The summed E-state index contributed by atoms with van der Waals surface area (Å²) in [6, 6.07) is 10.4. The van der Waals surface area contributed by atoms with Crippen LogP contribution in [-0.2, 0) is 10.0 Å². The monoisotopic (exact) mass is 301 g/mol. The van der Waals surface area contributed by atoms with Gasteiger partial charge < -0.3 is 0 Å². The molecule has 0 aliphatic rings. The molecule has 1 heterocycles. The number of rotatable bonds is 2. The molecular formula is C15H15N3O2S. The Hall–Kier alpha value is -2.21. The molecule has 21 heavy (non-hydrogen) atoms. The lowest BCUT2D eigenvalue weighted by molar-refractivity contribution is 0.579. The van der Waals surface area contributed by atoms with Gasteiger partial charge in [-0.3, -0.25) is 0 Å². The maximum absolute atomic E-state index is 12.7. The van der Waals surface area contributed by atoms with Crippen LogP contribution in [-0.4, -0.2) is 22.8 Å². The number of hydrogen-bond acceptors (Lipinski definition) is 4. The summed E-state index contributed by atoms with van der Waals surface area (Å²) in [5.74, 6) is 0. The fourth-order valence-electron chi connectivity index (χ4n) is 2.16. The van der Waals surface area contributed by atoms with Crippen LogP contribution in [0, 0.1) is 20.8 Å². The standard InChI is InChI=1S/C15H15N3O2S/c1-10-4-7-15-14(8-10)16-17-18(15)21(19,20)13-6-5-11(2)12(3)9-13/h4-9H,1-3H3. The van der Waals surface area contributed by atoms with E-state index >= 15 is 0 Å². The van der Waals surface area contributed by atoms with Crippen molar-refractivity contribution in [3.63, 3.8) is 0 Å². The van der Waals surface area contributed by atoms with E-state index in [4.69, 9.17) is 0 Å². The SMILES string of the molecule is Cc1ccc2c(c1)nnn2S(=O)(=O)c1ccc(C)c(C)c1. The number of fused-ring (bicyclic) bond motifs is 1. The molecule has 0 atom stereocenters. The Morgan fingerprint density at radius 2 is 1.71 bits per heavy atom. The molecule has 0 aliphatic carbocycles. The number of hydrogen-bond donors (Lipinski definition) is 0. The molecule has 2 aromatic carbocycles. The molecule has 3 rings (SSSR count). The van der Waals surface area contributed by atoms with Gasteiger partial charge >= 0.3 is 0 Å². The summed E-state index contributed by atoms with van der Waals surface area (Å²) in [4.78, 5) is 0.220. The minimum atomic E-state index is -3.73. The molecule has 108 valence electrons. The van der Waals surface area contributed by atoms with E-state index in [1.165, 1.54) is 0 Å². The zero-order chi connectivity index (χ0) is 15.2. The Morgan fingerprint density at radius 3 is 2.43 bits per heavy atom. The van der Waals surface area contributed by atoms with Gasteiger partial charge in [-0.05, 0) is 61.7 Å². The Balaban J connectivity index is 2.22. The smallest absolute Gasteiger partial charge is 0.199 e. The summed E-state index contributed by atoms with van der Waals surface area (Å²) in [5, 5.41) is 7.76. The average Bonchev–Trinajstić information content (AvgIpc) is 2.85. The summed E-state index contributed by atoms with van der Waals surface area (Å²) in [7, 11) is -3.73. The quantitative estimate of drug-likeness (QED) is 0.730. The average molecular weight is 301 g/mol. The van der Waals surface area contributed by atoms with Crippen molar-refractivity contribution < 1.29 is 8.42 Å². The third kappa shape index (κ3) is 2.21. The normalized spacial score (nSPS) is 12.0. The highest BCUT2D eigenvalue weighted by Crippen LogP contribution is 2.21. The van der Waals surface area contributed by atoms with E-state index in [1.54, 1.807) is 24.3 Å². The second kappa shape index (κ2) is 4.66. The van der Waals surface area contributed by atoms with Gasteiger partial charge in [0, 0.05) is 0 Å². The Morgan fingerprint density at radius 1 is 0.952 bits per heavy atom. The minimum Gasteiger partial charge on any atom is -0.199 e. The number of aromatic nitrogens is 3. The van der Waals surface area contributed by atoms with Gasteiger partial charge in [0.25, 0.3) is 10.0 Å². The van der Waals surface area contributed by atoms with Crippen molar-refractivity contribution in [3.8, 4) is 0 Å². The first-order valence-electron chi connectivity index (χ1n) is 6.54. The van der Waals surface area contributed by atoms with Crippen LogP contribution in [0.4, 0.5) is 0 Å². The molecule has 3 aromatic rings. The zero-order valence-corrected chi connectivity index (χ0v) is 12.8. The van der Waals surface area contributed by atoms with E-state index in [2.05, 4.69) is 10.3 Å². The lowest BCUT2D eigenvalue weighted by atomic mass is 10.1. The first-order chi connectivity index (χ1) is 9.89. The Kier molecular flexibility index (Phi) is 3.06. The molecule has 6 heteroatoms. The Labute approximate surface area is 123 Å². The third-order valence-electron chi connectivity index (χ3n) is 3.57. The molecule has 0 amide bonds. The molecule has 0 bridgehead atoms. The van der Waals surface area contributed by atoms with E-state index in [0.717, 1.165) is 20.8 Å². The molecule has 0 aliphatic heterocycles. The van der Waals surface area contributed by atoms with Crippen LogP contribution < -0.4 is 0 Å². The second-order valence-corrected chi connectivity index (χ2v) is 6.94. The van der Waals surface area contributed by atoms with Crippen LogP contribution in [0.2, 0.25) is 0 Å². The highest BCUT2D eigenvalue weighted by atomic mass is 32.2. The molecule has 1 aromatic heterocycles. The highest BCUT2D eigenvalue weighted by molar-refractivity contribution is 7.90. The number of benzene rings is 2. The van der Waals surface area contributed by atoms with Gasteiger partial charge in [-0.2, -0.15) is 8.42 Å². The van der Waals surface area contributed by atoms with Gasteiger partial charge in [-0.1, -0.05) is 17.3 Å². The molecule has 0 radical (unpaired) electrons. The fraction of sp³-hybridized carbons (Fsp3) is 0.200. The first kappa shape index (κ1) is 13.8. The van der Waals surface area contributed by atoms with E-state index in [-0.39, 0.29) is 4.90 Å². The van der Waals surface area contributed by atoms with Crippen molar-refractivity contribution in [2.24, 2.45) is 0 Å².